The van der Waals surface area contributed by atoms with E-state index in [1.165, 1.54) is 0 Å². The highest BCUT2D eigenvalue weighted by Gasteiger charge is 2.06. The monoisotopic (exact) mass is 345 g/mol. The van der Waals surface area contributed by atoms with Crippen molar-refractivity contribution in [2.75, 3.05) is 17.8 Å². The van der Waals surface area contributed by atoms with Gasteiger partial charge in [0.25, 0.3) is 0 Å². The van der Waals surface area contributed by atoms with Gasteiger partial charge in [0.1, 0.15) is 0 Å². The zero-order chi connectivity index (χ0) is 17.9. The summed E-state index contributed by atoms with van der Waals surface area (Å²) in [5.74, 6) is -0.174. The molecule has 6 heteroatoms. The average molecular weight is 345 g/mol. The second-order valence-electron chi connectivity index (χ2n) is 5.74. The Morgan fingerprint density at radius 1 is 1.00 bits per heavy atom. The number of rotatable bonds is 4. The topological polar surface area (TPSA) is 62.2 Å². The van der Waals surface area contributed by atoms with E-state index < -0.39 is 5.82 Å². The van der Waals surface area contributed by atoms with Crippen LogP contribution in [0.5, 0.6) is 0 Å². The fourth-order valence-corrected chi connectivity index (χ4v) is 2.94. The van der Waals surface area contributed by atoms with Crippen molar-refractivity contribution in [2.24, 2.45) is 5.10 Å². The van der Waals surface area contributed by atoms with Gasteiger partial charge in [-0.05, 0) is 27.6 Å². The van der Waals surface area contributed by atoms with Crippen LogP contribution >= 0.6 is 0 Å². The van der Waals surface area contributed by atoms with Crippen molar-refractivity contribution in [2.45, 2.75) is 0 Å². The standard InChI is InChI=1S/C20H16FN5/c1-22-19-18(21)12-23-20(25-19)26-24-11-17-15-8-4-2-6-13(15)10-14-7-3-5-9-16(14)17/h2-12H,1H3,(H2,22,23,25,26)/b24-11-. The van der Waals surface area contributed by atoms with Crippen molar-refractivity contribution >= 4 is 39.5 Å². The number of nitrogens with one attached hydrogen (secondary N) is 2. The van der Waals surface area contributed by atoms with Crippen LogP contribution in [0.3, 0.4) is 0 Å². The molecule has 0 saturated carbocycles. The summed E-state index contributed by atoms with van der Waals surface area (Å²) in [6.45, 7) is 0. The summed E-state index contributed by atoms with van der Waals surface area (Å²) in [5, 5.41) is 11.4. The van der Waals surface area contributed by atoms with Crippen molar-refractivity contribution in [3.8, 4) is 0 Å². The van der Waals surface area contributed by atoms with Gasteiger partial charge in [0.05, 0.1) is 12.4 Å². The molecule has 0 bridgehead atoms. The minimum absolute atomic E-state index is 0.119. The second kappa shape index (κ2) is 6.76. The second-order valence-corrected chi connectivity index (χ2v) is 5.74. The Labute approximate surface area is 149 Å². The predicted molar refractivity (Wildman–Crippen MR) is 104 cm³/mol. The number of nitrogens with zero attached hydrogens (tertiary/aromatic N) is 3. The van der Waals surface area contributed by atoms with E-state index in [2.05, 4.69) is 56.1 Å². The summed E-state index contributed by atoms with van der Waals surface area (Å²) in [4.78, 5) is 7.92. The summed E-state index contributed by atoms with van der Waals surface area (Å²) in [6, 6.07) is 18.5. The van der Waals surface area contributed by atoms with Crippen molar-refractivity contribution in [1.29, 1.82) is 0 Å². The molecule has 128 valence electrons. The first-order chi connectivity index (χ1) is 12.8. The van der Waals surface area contributed by atoms with E-state index in [-0.39, 0.29) is 11.8 Å². The van der Waals surface area contributed by atoms with Crippen LogP contribution in [0.2, 0.25) is 0 Å². The fraction of sp³-hybridized carbons (Fsp3) is 0.0500. The van der Waals surface area contributed by atoms with Crippen molar-refractivity contribution in [1.82, 2.24) is 9.97 Å². The van der Waals surface area contributed by atoms with E-state index in [1.807, 2.05) is 24.3 Å². The molecule has 3 aromatic carbocycles. The quantitative estimate of drug-likeness (QED) is 0.327. The third-order valence-corrected chi connectivity index (χ3v) is 4.15. The Bertz CT molecular complexity index is 1070. The van der Waals surface area contributed by atoms with Crippen molar-refractivity contribution < 1.29 is 4.39 Å². The van der Waals surface area contributed by atoms with Crippen LogP contribution in [0.4, 0.5) is 16.2 Å². The maximum absolute atomic E-state index is 13.5. The maximum Gasteiger partial charge on any atom is 0.245 e. The van der Waals surface area contributed by atoms with Gasteiger partial charge in [-0.3, -0.25) is 0 Å². The van der Waals surface area contributed by atoms with Crippen molar-refractivity contribution in [3.63, 3.8) is 0 Å². The van der Waals surface area contributed by atoms with E-state index in [4.69, 9.17) is 0 Å². The molecular formula is C20H16FN5. The zero-order valence-electron chi connectivity index (χ0n) is 14.1. The SMILES string of the molecule is CNc1nc(N/N=C\c2c3ccccc3cc3ccccc23)ncc1F. The third-order valence-electron chi connectivity index (χ3n) is 4.15. The lowest BCUT2D eigenvalue weighted by Crippen LogP contribution is -2.03. The van der Waals surface area contributed by atoms with Gasteiger partial charge >= 0.3 is 0 Å². The molecule has 0 unspecified atom stereocenters. The van der Waals surface area contributed by atoms with Crippen LogP contribution in [-0.4, -0.2) is 23.2 Å². The number of benzene rings is 3. The molecule has 0 aliphatic rings. The summed E-state index contributed by atoms with van der Waals surface area (Å²) in [6.07, 6.45) is 2.85. The van der Waals surface area contributed by atoms with Gasteiger partial charge in [-0.15, -0.1) is 0 Å². The van der Waals surface area contributed by atoms with Crippen LogP contribution in [0, 0.1) is 5.82 Å². The van der Waals surface area contributed by atoms with E-state index in [0.717, 1.165) is 33.3 Å². The van der Waals surface area contributed by atoms with Gasteiger partial charge in [0, 0.05) is 12.6 Å². The first-order valence-electron chi connectivity index (χ1n) is 8.16. The molecule has 0 radical (unpaired) electrons. The molecule has 26 heavy (non-hydrogen) atoms. The van der Waals surface area contributed by atoms with Crippen LogP contribution in [-0.2, 0) is 0 Å². The zero-order valence-corrected chi connectivity index (χ0v) is 14.1. The van der Waals surface area contributed by atoms with Gasteiger partial charge in [-0.25, -0.2) is 14.8 Å². The molecule has 0 aliphatic carbocycles. The van der Waals surface area contributed by atoms with E-state index in [1.54, 1.807) is 13.3 Å². The number of anilines is 2. The van der Waals surface area contributed by atoms with Gasteiger partial charge in [-0.1, -0.05) is 48.5 Å². The van der Waals surface area contributed by atoms with Crippen LogP contribution < -0.4 is 10.7 Å². The molecule has 0 fully saturated rings. The Morgan fingerprint density at radius 3 is 2.31 bits per heavy atom. The van der Waals surface area contributed by atoms with Gasteiger partial charge < -0.3 is 5.32 Å². The minimum Gasteiger partial charge on any atom is -0.371 e. The highest BCUT2D eigenvalue weighted by Crippen LogP contribution is 2.27. The molecule has 0 saturated heterocycles. The maximum atomic E-state index is 13.5. The van der Waals surface area contributed by atoms with Gasteiger partial charge in [-0.2, -0.15) is 10.1 Å². The average Bonchev–Trinajstić information content (AvgIpc) is 2.68. The number of hydrogen-bond donors (Lipinski definition) is 2. The van der Waals surface area contributed by atoms with E-state index >= 15 is 0 Å². The normalized spacial score (nSPS) is 11.3. The highest BCUT2D eigenvalue weighted by molar-refractivity contribution is 6.13. The van der Waals surface area contributed by atoms with Crippen molar-refractivity contribution in [3.05, 3.63) is 72.2 Å². The molecule has 2 N–H and O–H groups in total. The number of hydrogen-bond acceptors (Lipinski definition) is 5. The molecule has 1 heterocycles. The first-order valence-corrected chi connectivity index (χ1v) is 8.16. The summed E-state index contributed by atoms with van der Waals surface area (Å²) in [5.41, 5.74) is 3.77. The lowest BCUT2D eigenvalue weighted by Gasteiger charge is -2.08. The molecule has 4 rings (SSSR count). The molecule has 0 aliphatic heterocycles. The molecule has 0 atom stereocenters. The predicted octanol–water partition coefficient (Wildman–Crippen LogP) is 4.41. The number of aromatic nitrogens is 2. The Kier molecular flexibility index (Phi) is 4.15. The summed E-state index contributed by atoms with van der Waals surface area (Å²) >= 11 is 0. The Morgan fingerprint density at radius 2 is 1.65 bits per heavy atom. The number of hydrazone groups is 1. The highest BCUT2D eigenvalue weighted by atomic mass is 19.1. The molecule has 5 nitrogen and oxygen atoms in total. The van der Waals surface area contributed by atoms with Crippen LogP contribution in [0.15, 0.2) is 65.9 Å². The fourth-order valence-electron chi connectivity index (χ4n) is 2.94. The summed E-state index contributed by atoms with van der Waals surface area (Å²) in [7, 11) is 1.60. The van der Waals surface area contributed by atoms with Crippen LogP contribution in [0.25, 0.3) is 21.5 Å². The largest absolute Gasteiger partial charge is 0.371 e. The van der Waals surface area contributed by atoms with Crippen LogP contribution in [0.1, 0.15) is 5.56 Å². The van der Waals surface area contributed by atoms with E-state index in [9.17, 15) is 4.39 Å². The molecular weight excluding hydrogens is 329 g/mol. The summed E-state index contributed by atoms with van der Waals surface area (Å²) < 4.78 is 13.5. The molecule has 4 aromatic rings. The lowest BCUT2D eigenvalue weighted by atomic mass is 9.97. The Hall–Kier alpha value is -3.54. The smallest absolute Gasteiger partial charge is 0.245 e. The first kappa shape index (κ1) is 16.0. The lowest BCUT2D eigenvalue weighted by molar-refractivity contribution is 0.619. The third kappa shape index (κ3) is 2.93. The number of fused-ring (bicyclic) bond motifs is 2. The number of halogens is 1. The Balaban J connectivity index is 1.75. The van der Waals surface area contributed by atoms with Gasteiger partial charge in [0.15, 0.2) is 11.6 Å². The molecule has 1 aromatic heterocycles. The van der Waals surface area contributed by atoms with Gasteiger partial charge in [0.2, 0.25) is 5.95 Å². The molecule has 0 amide bonds. The minimum atomic E-state index is -0.512. The van der Waals surface area contributed by atoms with E-state index in [0.29, 0.717) is 0 Å². The molecule has 0 spiro atoms.